The first kappa shape index (κ1) is 10.1. The zero-order chi connectivity index (χ0) is 9.84. The summed E-state index contributed by atoms with van der Waals surface area (Å²) in [6, 6.07) is 0. The second kappa shape index (κ2) is 4.34. The van der Waals surface area contributed by atoms with Crippen LogP contribution in [0.25, 0.3) is 0 Å². The minimum Gasteiger partial charge on any atom is -0.387 e. The zero-order valence-corrected chi connectivity index (χ0v) is 8.30. The van der Waals surface area contributed by atoms with E-state index in [1.54, 1.807) is 17.8 Å². The number of hydrogen-bond donors (Lipinski definition) is 1. The second-order valence-electron chi connectivity index (χ2n) is 3.39. The van der Waals surface area contributed by atoms with E-state index in [1.165, 1.54) is 0 Å². The van der Waals surface area contributed by atoms with Crippen molar-refractivity contribution < 1.29 is 5.11 Å². The summed E-state index contributed by atoms with van der Waals surface area (Å²) in [6.07, 6.45) is 1.24. The molecule has 1 aromatic rings. The maximum atomic E-state index is 9.19. The third-order valence-corrected chi connectivity index (χ3v) is 1.76. The van der Waals surface area contributed by atoms with Crippen LogP contribution in [0.4, 0.5) is 0 Å². The van der Waals surface area contributed by atoms with Crippen LogP contribution in [0.2, 0.25) is 0 Å². The maximum absolute atomic E-state index is 9.19. The molecule has 0 saturated carbocycles. The minimum absolute atomic E-state index is 0.534. The molecule has 74 valence electrons. The molecular formula is C8H16N4O. The lowest BCUT2D eigenvalue weighted by atomic mass is 10.3. The predicted molar refractivity (Wildman–Crippen MR) is 49.2 cm³/mol. The van der Waals surface area contributed by atoms with E-state index in [2.05, 4.69) is 15.2 Å². The highest BCUT2D eigenvalue weighted by Crippen LogP contribution is 2.05. The molecule has 0 bridgehead atoms. The van der Waals surface area contributed by atoms with Crippen molar-refractivity contribution >= 4 is 0 Å². The lowest BCUT2D eigenvalue weighted by Crippen LogP contribution is -2.18. The Labute approximate surface area is 78.0 Å². The Kier molecular flexibility index (Phi) is 3.39. The smallest absolute Gasteiger partial charge is 0.111 e. The first-order valence-electron chi connectivity index (χ1n) is 4.32. The molecule has 1 aromatic heterocycles. The van der Waals surface area contributed by atoms with Crippen molar-refractivity contribution in [3.8, 4) is 0 Å². The van der Waals surface area contributed by atoms with Gasteiger partial charge in [-0.25, -0.2) is 0 Å². The Morgan fingerprint density at radius 1 is 1.62 bits per heavy atom. The van der Waals surface area contributed by atoms with Gasteiger partial charge in [-0.2, -0.15) is 0 Å². The van der Waals surface area contributed by atoms with Gasteiger partial charge in [-0.15, -0.1) is 5.10 Å². The molecule has 5 nitrogen and oxygen atoms in total. The Balaban J connectivity index is 2.49. The first-order chi connectivity index (χ1) is 6.09. The van der Waals surface area contributed by atoms with Gasteiger partial charge in [0.05, 0.1) is 18.8 Å². The van der Waals surface area contributed by atoms with E-state index in [0.717, 1.165) is 13.1 Å². The molecule has 13 heavy (non-hydrogen) atoms. The molecule has 0 spiro atoms. The fourth-order valence-electron chi connectivity index (χ4n) is 0.917. The topological polar surface area (TPSA) is 54.2 Å². The first-order valence-corrected chi connectivity index (χ1v) is 4.32. The summed E-state index contributed by atoms with van der Waals surface area (Å²) in [6.45, 7) is 3.40. The van der Waals surface area contributed by atoms with Gasteiger partial charge in [0.2, 0.25) is 0 Å². The number of rotatable bonds is 4. The van der Waals surface area contributed by atoms with E-state index >= 15 is 0 Å². The minimum atomic E-state index is -0.534. The van der Waals surface area contributed by atoms with Gasteiger partial charge in [0.15, 0.2) is 0 Å². The van der Waals surface area contributed by atoms with Crippen LogP contribution >= 0.6 is 0 Å². The quantitative estimate of drug-likeness (QED) is 0.709. The number of hydrogen-bond acceptors (Lipinski definition) is 4. The fraction of sp³-hybridized carbons (Fsp3) is 0.750. The summed E-state index contributed by atoms with van der Waals surface area (Å²) < 4.78 is 1.74. The Morgan fingerprint density at radius 2 is 2.31 bits per heavy atom. The largest absolute Gasteiger partial charge is 0.387 e. The summed E-state index contributed by atoms with van der Waals surface area (Å²) in [5, 5.41) is 16.9. The molecule has 1 heterocycles. The second-order valence-corrected chi connectivity index (χ2v) is 3.39. The SMILES string of the molecule is CC(O)c1cn(CCN(C)C)nn1. The molecule has 0 aliphatic carbocycles. The standard InChI is InChI=1S/C8H16N4O/c1-7(13)8-6-12(10-9-8)5-4-11(2)3/h6-7,13H,4-5H2,1-3H3. The van der Waals surface area contributed by atoms with E-state index in [0.29, 0.717) is 5.69 Å². The normalized spacial score (nSPS) is 13.6. The monoisotopic (exact) mass is 184 g/mol. The Hall–Kier alpha value is -0.940. The molecule has 0 aliphatic heterocycles. The summed E-state index contributed by atoms with van der Waals surface area (Å²) in [5.41, 5.74) is 0.624. The van der Waals surface area contributed by atoms with Gasteiger partial charge in [0.25, 0.3) is 0 Å². The molecule has 1 rings (SSSR count). The van der Waals surface area contributed by atoms with Crippen LogP contribution in [0.15, 0.2) is 6.20 Å². The summed E-state index contributed by atoms with van der Waals surface area (Å²) >= 11 is 0. The Bertz CT molecular complexity index is 256. The highest BCUT2D eigenvalue weighted by molar-refractivity contribution is 4.95. The molecule has 0 saturated heterocycles. The summed E-state index contributed by atoms with van der Waals surface area (Å²) in [4.78, 5) is 2.07. The van der Waals surface area contributed by atoms with Crippen molar-refractivity contribution in [2.45, 2.75) is 19.6 Å². The van der Waals surface area contributed by atoms with Gasteiger partial charge < -0.3 is 10.0 Å². The molecule has 0 aliphatic rings. The van der Waals surface area contributed by atoms with E-state index in [1.807, 2.05) is 14.1 Å². The third kappa shape index (κ3) is 3.12. The van der Waals surface area contributed by atoms with E-state index in [-0.39, 0.29) is 0 Å². The average molecular weight is 184 g/mol. The van der Waals surface area contributed by atoms with Crippen molar-refractivity contribution in [2.75, 3.05) is 20.6 Å². The Morgan fingerprint density at radius 3 is 2.77 bits per heavy atom. The van der Waals surface area contributed by atoms with Gasteiger partial charge in [-0.05, 0) is 21.0 Å². The van der Waals surface area contributed by atoms with E-state index < -0.39 is 6.10 Å². The summed E-state index contributed by atoms with van der Waals surface area (Å²) in [5.74, 6) is 0. The molecule has 0 amide bonds. The van der Waals surface area contributed by atoms with E-state index in [4.69, 9.17) is 0 Å². The van der Waals surface area contributed by atoms with Crippen LogP contribution in [0, 0.1) is 0 Å². The molecule has 0 radical (unpaired) electrons. The van der Waals surface area contributed by atoms with Crippen molar-refractivity contribution in [3.63, 3.8) is 0 Å². The van der Waals surface area contributed by atoms with Crippen molar-refractivity contribution in [3.05, 3.63) is 11.9 Å². The molecule has 1 N–H and O–H groups in total. The average Bonchev–Trinajstić information content (AvgIpc) is 2.48. The fourth-order valence-corrected chi connectivity index (χ4v) is 0.917. The van der Waals surface area contributed by atoms with Crippen molar-refractivity contribution in [1.82, 2.24) is 19.9 Å². The van der Waals surface area contributed by atoms with Crippen LogP contribution in [0.1, 0.15) is 18.7 Å². The highest BCUT2D eigenvalue weighted by Gasteiger charge is 2.05. The van der Waals surface area contributed by atoms with Crippen LogP contribution in [0.3, 0.4) is 0 Å². The molecule has 1 atom stereocenters. The van der Waals surface area contributed by atoms with E-state index in [9.17, 15) is 5.11 Å². The van der Waals surface area contributed by atoms with Crippen LogP contribution in [-0.2, 0) is 6.54 Å². The number of nitrogens with zero attached hydrogens (tertiary/aromatic N) is 4. The number of aromatic nitrogens is 3. The molecule has 5 heteroatoms. The lowest BCUT2D eigenvalue weighted by Gasteiger charge is -2.07. The van der Waals surface area contributed by atoms with Crippen LogP contribution in [0.5, 0.6) is 0 Å². The lowest BCUT2D eigenvalue weighted by molar-refractivity contribution is 0.194. The van der Waals surface area contributed by atoms with Gasteiger partial charge in [-0.1, -0.05) is 5.21 Å². The van der Waals surface area contributed by atoms with Crippen LogP contribution in [-0.4, -0.2) is 45.6 Å². The van der Waals surface area contributed by atoms with Gasteiger partial charge in [-0.3, -0.25) is 4.68 Å². The number of aliphatic hydroxyl groups is 1. The number of aliphatic hydroxyl groups excluding tert-OH is 1. The molecule has 1 unspecified atom stereocenters. The number of likely N-dealkylation sites (N-methyl/N-ethyl adjacent to an activating group) is 1. The van der Waals surface area contributed by atoms with Crippen molar-refractivity contribution in [2.24, 2.45) is 0 Å². The zero-order valence-electron chi connectivity index (χ0n) is 8.30. The van der Waals surface area contributed by atoms with Crippen LogP contribution < -0.4 is 0 Å². The highest BCUT2D eigenvalue weighted by atomic mass is 16.3. The molecular weight excluding hydrogens is 168 g/mol. The molecule has 0 fully saturated rings. The van der Waals surface area contributed by atoms with Crippen molar-refractivity contribution in [1.29, 1.82) is 0 Å². The van der Waals surface area contributed by atoms with Gasteiger partial charge in [0.1, 0.15) is 5.69 Å². The van der Waals surface area contributed by atoms with Gasteiger partial charge in [0, 0.05) is 6.54 Å². The van der Waals surface area contributed by atoms with Gasteiger partial charge >= 0.3 is 0 Å². The third-order valence-electron chi connectivity index (χ3n) is 1.76. The predicted octanol–water partition coefficient (Wildman–Crippen LogP) is -0.107. The molecule has 0 aromatic carbocycles. The summed E-state index contributed by atoms with van der Waals surface area (Å²) in [7, 11) is 4.01. The maximum Gasteiger partial charge on any atom is 0.111 e.